The van der Waals surface area contributed by atoms with Crippen molar-refractivity contribution in [1.82, 2.24) is 0 Å². The third kappa shape index (κ3) is 3.83. The summed E-state index contributed by atoms with van der Waals surface area (Å²) in [5.74, 6) is -2.89. The Morgan fingerprint density at radius 3 is 2.24 bits per heavy atom. The maximum absolute atomic E-state index is 14.0. The van der Waals surface area contributed by atoms with E-state index in [0.29, 0.717) is 22.9 Å². The van der Waals surface area contributed by atoms with Crippen molar-refractivity contribution in [2.24, 2.45) is 0 Å². The van der Waals surface area contributed by atoms with Gasteiger partial charge >= 0.3 is 0 Å². The Labute approximate surface area is 143 Å². The van der Waals surface area contributed by atoms with E-state index in [1.54, 1.807) is 6.07 Å². The number of ether oxygens (including phenoxy) is 1. The Hall–Kier alpha value is -2.79. The minimum atomic E-state index is -1.24. The Kier molecular flexibility index (Phi) is 5.05. The molecule has 3 aromatic rings. The summed E-state index contributed by atoms with van der Waals surface area (Å²) in [4.78, 5) is 0. The number of hydrogen-bond acceptors (Lipinski definition) is 2. The van der Waals surface area contributed by atoms with E-state index in [1.807, 2.05) is 30.3 Å². The first-order valence-electron chi connectivity index (χ1n) is 7.64. The summed E-state index contributed by atoms with van der Waals surface area (Å²) in [6.07, 6.45) is 0. The van der Waals surface area contributed by atoms with Crippen LogP contribution in [0.4, 0.5) is 13.2 Å². The zero-order chi connectivity index (χ0) is 17.8. The van der Waals surface area contributed by atoms with Gasteiger partial charge in [-0.25, -0.2) is 13.2 Å². The predicted octanol–water partition coefficient (Wildman–Crippen LogP) is 4.84. The average molecular weight is 344 g/mol. The SMILES string of the molecule is OCc1ccc(-c2cc(F)c(F)cc2F)cc1OCc1ccccc1. The summed E-state index contributed by atoms with van der Waals surface area (Å²) >= 11 is 0. The number of benzene rings is 3. The third-order valence-corrected chi connectivity index (χ3v) is 3.80. The summed E-state index contributed by atoms with van der Waals surface area (Å²) in [7, 11) is 0. The molecule has 0 fully saturated rings. The summed E-state index contributed by atoms with van der Waals surface area (Å²) < 4.78 is 46.3. The van der Waals surface area contributed by atoms with Crippen molar-refractivity contribution in [2.45, 2.75) is 13.2 Å². The lowest BCUT2D eigenvalue weighted by atomic mass is 10.0. The molecule has 0 aliphatic carbocycles. The Morgan fingerprint density at radius 1 is 0.800 bits per heavy atom. The van der Waals surface area contributed by atoms with Gasteiger partial charge in [0, 0.05) is 17.2 Å². The average Bonchev–Trinajstić information content (AvgIpc) is 2.63. The molecular weight excluding hydrogens is 329 g/mol. The highest BCUT2D eigenvalue weighted by atomic mass is 19.2. The molecule has 0 bridgehead atoms. The Morgan fingerprint density at radius 2 is 1.52 bits per heavy atom. The summed E-state index contributed by atoms with van der Waals surface area (Å²) in [5, 5.41) is 9.45. The van der Waals surface area contributed by atoms with Crippen molar-refractivity contribution < 1.29 is 23.0 Å². The number of halogens is 3. The minimum absolute atomic E-state index is 0.0760. The fourth-order valence-corrected chi connectivity index (χ4v) is 2.47. The van der Waals surface area contributed by atoms with Gasteiger partial charge in [-0.05, 0) is 23.3 Å². The lowest BCUT2D eigenvalue weighted by Crippen LogP contribution is -2.00. The second-order valence-corrected chi connectivity index (χ2v) is 5.50. The van der Waals surface area contributed by atoms with E-state index in [0.717, 1.165) is 11.6 Å². The van der Waals surface area contributed by atoms with E-state index in [4.69, 9.17) is 4.74 Å². The lowest BCUT2D eigenvalue weighted by Gasteiger charge is -2.13. The van der Waals surface area contributed by atoms with Gasteiger partial charge in [-0.1, -0.05) is 42.5 Å². The predicted molar refractivity (Wildman–Crippen MR) is 88.4 cm³/mol. The van der Waals surface area contributed by atoms with Gasteiger partial charge in [-0.2, -0.15) is 0 Å². The highest BCUT2D eigenvalue weighted by Gasteiger charge is 2.14. The van der Waals surface area contributed by atoms with E-state index < -0.39 is 17.5 Å². The standard InChI is InChI=1S/C20H15F3O2/c21-17-10-19(23)18(22)9-16(17)14-6-7-15(11-24)20(8-14)25-12-13-4-2-1-3-5-13/h1-10,24H,11-12H2. The smallest absolute Gasteiger partial charge is 0.161 e. The van der Waals surface area contributed by atoms with Gasteiger partial charge in [0.2, 0.25) is 0 Å². The third-order valence-electron chi connectivity index (χ3n) is 3.80. The van der Waals surface area contributed by atoms with Crippen molar-refractivity contribution in [3.63, 3.8) is 0 Å². The molecule has 25 heavy (non-hydrogen) atoms. The van der Waals surface area contributed by atoms with E-state index in [-0.39, 0.29) is 18.8 Å². The van der Waals surface area contributed by atoms with Crippen molar-refractivity contribution in [2.75, 3.05) is 0 Å². The number of aliphatic hydroxyl groups is 1. The molecule has 0 saturated heterocycles. The van der Waals surface area contributed by atoms with Crippen LogP contribution in [0.3, 0.4) is 0 Å². The quantitative estimate of drug-likeness (QED) is 0.671. The van der Waals surface area contributed by atoms with Crippen LogP contribution in [-0.2, 0) is 13.2 Å². The van der Waals surface area contributed by atoms with Crippen molar-refractivity contribution >= 4 is 0 Å². The highest BCUT2D eigenvalue weighted by Crippen LogP contribution is 2.31. The first-order valence-corrected chi connectivity index (χ1v) is 7.64. The Bertz CT molecular complexity index is 880. The highest BCUT2D eigenvalue weighted by molar-refractivity contribution is 5.67. The second kappa shape index (κ2) is 7.40. The van der Waals surface area contributed by atoms with E-state index in [2.05, 4.69) is 0 Å². The van der Waals surface area contributed by atoms with E-state index >= 15 is 0 Å². The summed E-state index contributed by atoms with van der Waals surface area (Å²) in [6.45, 7) is 0.00220. The van der Waals surface area contributed by atoms with Crippen LogP contribution in [0.15, 0.2) is 60.7 Å². The minimum Gasteiger partial charge on any atom is -0.489 e. The zero-order valence-electron chi connectivity index (χ0n) is 13.2. The molecule has 3 aromatic carbocycles. The molecule has 0 unspecified atom stereocenters. The molecule has 3 rings (SSSR count). The van der Waals surface area contributed by atoms with Crippen molar-refractivity contribution in [3.05, 3.63) is 89.2 Å². The summed E-state index contributed by atoms with van der Waals surface area (Å²) in [5.41, 5.74) is 1.70. The molecule has 0 aliphatic rings. The first-order chi connectivity index (χ1) is 12.1. The van der Waals surface area contributed by atoms with Crippen LogP contribution in [0.1, 0.15) is 11.1 Å². The maximum atomic E-state index is 14.0. The molecule has 0 spiro atoms. The van der Waals surface area contributed by atoms with Crippen LogP contribution in [0.25, 0.3) is 11.1 Å². The molecule has 0 heterocycles. The van der Waals surface area contributed by atoms with Crippen LogP contribution >= 0.6 is 0 Å². The van der Waals surface area contributed by atoms with Crippen molar-refractivity contribution in [3.8, 4) is 16.9 Å². The van der Waals surface area contributed by atoms with Gasteiger partial charge in [0.25, 0.3) is 0 Å². The van der Waals surface area contributed by atoms with Gasteiger partial charge in [0.15, 0.2) is 11.6 Å². The van der Waals surface area contributed by atoms with Gasteiger partial charge in [0.1, 0.15) is 18.2 Å². The molecule has 5 heteroatoms. The van der Waals surface area contributed by atoms with Crippen LogP contribution in [0.5, 0.6) is 5.75 Å². The lowest BCUT2D eigenvalue weighted by molar-refractivity contribution is 0.259. The monoisotopic (exact) mass is 344 g/mol. The molecule has 0 amide bonds. The number of rotatable bonds is 5. The normalized spacial score (nSPS) is 10.7. The van der Waals surface area contributed by atoms with Crippen LogP contribution in [0, 0.1) is 17.5 Å². The molecule has 0 saturated carbocycles. The molecule has 0 radical (unpaired) electrons. The van der Waals surface area contributed by atoms with Gasteiger partial charge in [0.05, 0.1) is 6.61 Å². The maximum Gasteiger partial charge on any atom is 0.161 e. The molecule has 1 N–H and O–H groups in total. The molecule has 0 aromatic heterocycles. The topological polar surface area (TPSA) is 29.5 Å². The van der Waals surface area contributed by atoms with Gasteiger partial charge in [-0.3, -0.25) is 0 Å². The number of aliphatic hydroxyl groups excluding tert-OH is 1. The van der Waals surface area contributed by atoms with Crippen LogP contribution in [-0.4, -0.2) is 5.11 Å². The molecule has 2 nitrogen and oxygen atoms in total. The van der Waals surface area contributed by atoms with E-state index in [1.165, 1.54) is 12.1 Å². The summed E-state index contributed by atoms with van der Waals surface area (Å²) in [6, 6.07) is 15.3. The van der Waals surface area contributed by atoms with Crippen LogP contribution < -0.4 is 4.74 Å². The fourth-order valence-electron chi connectivity index (χ4n) is 2.47. The second-order valence-electron chi connectivity index (χ2n) is 5.50. The molecule has 0 aliphatic heterocycles. The van der Waals surface area contributed by atoms with Crippen LogP contribution in [0.2, 0.25) is 0 Å². The largest absolute Gasteiger partial charge is 0.489 e. The van der Waals surface area contributed by atoms with Crippen molar-refractivity contribution in [1.29, 1.82) is 0 Å². The van der Waals surface area contributed by atoms with Gasteiger partial charge in [-0.15, -0.1) is 0 Å². The van der Waals surface area contributed by atoms with Gasteiger partial charge < -0.3 is 9.84 Å². The zero-order valence-corrected chi connectivity index (χ0v) is 13.2. The molecule has 128 valence electrons. The molecule has 0 atom stereocenters. The fraction of sp³-hybridized carbons (Fsp3) is 0.100. The number of hydrogen-bond donors (Lipinski definition) is 1. The Balaban J connectivity index is 1.93. The van der Waals surface area contributed by atoms with E-state index in [9.17, 15) is 18.3 Å². The first kappa shape index (κ1) is 17.0. The molecular formula is C20H15F3O2.